The molecule has 134 valence electrons. The number of carbonyl (C=O) groups is 1. The largest absolute Gasteiger partial charge is 0.493 e. The van der Waals surface area contributed by atoms with Gasteiger partial charge in [-0.05, 0) is 31.2 Å². The predicted octanol–water partition coefficient (Wildman–Crippen LogP) is 3.78. The van der Waals surface area contributed by atoms with E-state index in [1.807, 2.05) is 37.3 Å². The predicted molar refractivity (Wildman–Crippen MR) is 105 cm³/mol. The van der Waals surface area contributed by atoms with Crippen molar-refractivity contribution in [2.75, 3.05) is 13.7 Å². The lowest BCUT2D eigenvalue weighted by atomic mass is 10.1. The second-order valence-electron chi connectivity index (χ2n) is 5.59. The number of benzene rings is 2. The van der Waals surface area contributed by atoms with E-state index in [-0.39, 0.29) is 12.5 Å². The number of rotatable bonds is 6. The number of hydrogen-bond acceptors (Lipinski definition) is 4. The molecule has 0 atom stereocenters. The molecule has 0 unspecified atom stereocenters. The van der Waals surface area contributed by atoms with Crippen molar-refractivity contribution in [3.63, 3.8) is 0 Å². The standard InChI is InChI=1S/C19H18BrN3O3/c1-12-15(14-5-3-4-6-16(14)22-12)10-21-23-19(24)11-26-17-8-7-13(20)9-18(17)25-2/h3-10,22H,11H2,1-2H3,(H,23,24). The fourth-order valence-corrected chi connectivity index (χ4v) is 2.91. The molecular formula is C19H18BrN3O3. The topological polar surface area (TPSA) is 75.7 Å². The van der Waals surface area contributed by atoms with E-state index in [9.17, 15) is 4.79 Å². The van der Waals surface area contributed by atoms with E-state index in [0.29, 0.717) is 11.5 Å². The van der Waals surface area contributed by atoms with Gasteiger partial charge in [-0.15, -0.1) is 0 Å². The number of ether oxygens (including phenoxy) is 2. The van der Waals surface area contributed by atoms with Crippen molar-refractivity contribution in [3.8, 4) is 11.5 Å². The van der Waals surface area contributed by atoms with Gasteiger partial charge in [0.2, 0.25) is 0 Å². The van der Waals surface area contributed by atoms with Gasteiger partial charge in [0.25, 0.3) is 5.91 Å². The highest BCUT2D eigenvalue weighted by atomic mass is 79.9. The number of nitrogens with zero attached hydrogens (tertiary/aromatic N) is 1. The van der Waals surface area contributed by atoms with Crippen molar-refractivity contribution >= 4 is 39.0 Å². The number of aromatic nitrogens is 1. The van der Waals surface area contributed by atoms with Crippen molar-refractivity contribution in [2.24, 2.45) is 5.10 Å². The molecule has 3 rings (SSSR count). The summed E-state index contributed by atoms with van der Waals surface area (Å²) in [5.41, 5.74) is 5.43. The van der Waals surface area contributed by atoms with Crippen molar-refractivity contribution in [1.29, 1.82) is 0 Å². The van der Waals surface area contributed by atoms with Gasteiger partial charge < -0.3 is 14.5 Å². The van der Waals surface area contributed by atoms with Gasteiger partial charge in [0.15, 0.2) is 18.1 Å². The Morgan fingerprint density at radius 3 is 2.88 bits per heavy atom. The van der Waals surface area contributed by atoms with Crippen LogP contribution in [0.4, 0.5) is 0 Å². The summed E-state index contributed by atoms with van der Waals surface area (Å²) in [5.74, 6) is 0.677. The Morgan fingerprint density at radius 2 is 2.08 bits per heavy atom. The Bertz CT molecular complexity index is 966. The molecule has 2 aromatic carbocycles. The van der Waals surface area contributed by atoms with Crippen LogP contribution in [0.15, 0.2) is 52.0 Å². The highest BCUT2D eigenvalue weighted by molar-refractivity contribution is 9.10. The molecule has 1 heterocycles. The Morgan fingerprint density at radius 1 is 1.27 bits per heavy atom. The van der Waals surface area contributed by atoms with E-state index in [2.05, 4.69) is 31.4 Å². The van der Waals surface area contributed by atoms with Gasteiger partial charge in [0.05, 0.1) is 13.3 Å². The van der Waals surface area contributed by atoms with Gasteiger partial charge in [-0.25, -0.2) is 5.43 Å². The number of nitrogens with one attached hydrogen (secondary N) is 2. The molecule has 6 nitrogen and oxygen atoms in total. The summed E-state index contributed by atoms with van der Waals surface area (Å²) in [6, 6.07) is 13.2. The molecule has 0 saturated carbocycles. The van der Waals surface area contributed by atoms with Gasteiger partial charge in [0, 0.05) is 26.6 Å². The van der Waals surface area contributed by atoms with Gasteiger partial charge in [-0.2, -0.15) is 5.10 Å². The average molecular weight is 416 g/mol. The molecule has 0 saturated heterocycles. The van der Waals surface area contributed by atoms with Crippen LogP contribution in [0.5, 0.6) is 11.5 Å². The molecule has 3 aromatic rings. The lowest BCUT2D eigenvalue weighted by molar-refractivity contribution is -0.123. The number of fused-ring (bicyclic) bond motifs is 1. The summed E-state index contributed by atoms with van der Waals surface area (Å²) in [4.78, 5) is 15.2. The molecule has 7 heteroatoms. The summed E-state index contributed by atoms with van der Waals surface area (Å²) in [6.07, 6.45) is 1.63. The lowest BCUT2D eigenvalue weighted by Gasteiger charge is -2.10. The van der Waals surface area contributed by atoms with Crippen LogP contribution >= 0.6 is 15.9 Å². The number of aryl methyl sites for hydroxylation is 1. The first-order valence-electron chi connectivity index (χ1n) is 7.94. The van der Waals surface area contributed by atoms with Crippen molar-refractivity contribution in [1.82, 2.24) is 10.4 Å². The normalized spacial score (nSPS) is 11.0. The number of hydrazone groups is 1. The summed E-state index contributed by atoms with van der Waals surface area (Å²) in [7, 11) is 1.54. The zero-order chi connectivity index (χ0) is 18.5. The number of para-hydroxylation sites is 1. The maximum Gasteiger partial charge on any atom is 0.277 e. The molecule has 1 amide bonds. The summed E-state index contributed by atoms with van der Waals surface area (Å²) in [6.45, 7) is 1.80. The number of carbonyl (C=O) groups excluding carboxylic acids is 1. The molecule has 0 spiro atoms. The molecule has 26 heavy (non-hydrogen) atoms. The van der Waals surface area contributed by atoms with Crippen LogP contribution in [-0.4, -0.2) is 30.8 Å². The zero-order valence-corrected chi connectivity index (χ0v) is 16.0. The van der Waals surface area contributed by atoms with Crippen LogP contribution in [0.2, 0.25) is 0 Å². The second kappa shape index (κ2) is 8.05. The average Bonchev–Trinajstić information content (AvgIpc) is 2.96. The highest BCUT2D eigenvalue weighted by Gasteiger charge is 2.08. The van der Waals surface area contributed by atoms with Crippen molar-refractivity contribution in [3.05, 3.63) is 58.2 Å². The Hall–Kier alpha value is -2.80. The van der Waals surface area contributed by atoms with E-state index in [4.69, 9.17) is 9.47 Å². The number of aromatic amines is 1. The smallest absolute Gasteiger partial charge is 0.277 e. The van der Waals surface area contributed by atoms with Gasteiger partial charge >= 0.3 is 0 Å². The highest BCUT2D eigenvalue weighted by Crippen LogP contribution is 2.30. The molecule has 0 aliphatic rings. The maximum atomic E-state index is 12.0. The summed E-state index contributed by atoms with van der Waals surface area (Å²) < 4.78 is 11.6. The summed E-state index contributed by atoms with van der Waals surface area (Å²) in [5, 5.41) is 5.08. The summed E-state index contributed by atoms with van der Waals surface area (Å²) >= 11 is 3.36. The third-order valence-electron chi connectivity index (χ3n) is 3.81. The first-order chi connectivity index (χ1) is 12.6. The molecule has 2 N–H and O–H groups in total. The van der Waals surface area contributed by atoms with E-state index >= 15 is 0 Å². The number of methoxy groups -OCH3 is 1. The van der Waals surface area contributed by atoms with Crippen molar-refractivity contribution < 1.29 is 14.3 Å². The van der Waals surface area contributed by atoms with Crippen LogP contribution in [0.25, 0.3) is 10.9 Å². The Balaban J connectivity index is 1.60. The monoisotopic (exact) mass is 415 g/mol. The molecule has 1 aromatic heterocycles. The van der Waals surface area contributed by atoms with E-state index in [1.54, 1.807) is 25.5 Å². The van der Waals surface area contributed by atoms with Gasteiger partial charge in [0.1, 0.15) is 0 Å². The third kappa shape index (κ3) is 4.05. The van der Waals surface area contributed by atoms with E-state index in [1.165, 1.54) is 0 Å². The number of amides is 1. The molecule has 0 aliphatic heterocycles. The quantitative estimate of drug-likeness (QED) is 0.475. The Labute approximate surface area is 159 Å². The van der Waals surface area contributed by atoms with Crippen LogP contribution in [0.1, 0.15) is 11.3 Å². The molecule has 0 bridgehead atoms. The van der Waals surface area contributed by atoms with Gasteiger partial charge in [-0.3, -0.25) is 4.79 Å². The zero-order valence-electron chi connectivity index (χ0n) is 14.4. The van der Waals surface area contributed by atoms with E-state index < -0.39 is 0 Å². The van der Waals surface area contributed by atoms with Gasteiger partial charge in [-0.1, -0.05) is 34.1 Å². The SMILES string of the molecule is COc1cc(Br)ccc1OCC(=O)NN=Cc1c(C)[nH]c2ccccc12. The fraction of sp³-hybridized carbons (Fsp3) is 0.158. The minimum atomic E-state index is -0.358. The van der Waals surface area contributed by atoms with Crippen LogP contribution in [-0.2, 0) is 4.79 Å². The van der Waals surface area contributed by atoms with Crippen LogP contribution in [0, 0.1) is 6.92 Å². The maximum absolute atomic E-state index is 12.0. The molecule has 0 fully saturated rings. The number of hydrogen-bond donors (Lipinski definition) is 2. The minimum absolute atomic E-state index is 0.164. The van der Waals surface area contributed by atoms with E-state index in [0.717, 1.165) is 26.6 Å². The first kappa shape index (κ1) is 18.0. The van der Waals surface area contributed by atoms with Crippen LogP contribution < -0.4 is 14.9 Å². The number of halogens is 1. The first-order valence-corrected chi connectivity index (χ1v) is 8.73. The second-order valence-corrected chi connectivity index (χ2v) is 6.50. The minimum Gasteiger partial charge on any atom is -0.493 e. The van der Waals surface area contributed by atoms with Crippen LogP contribution in [0.3, 0.4) is 0 Å². The lowest BCUT2D eigenvalue weighted by Crippen LogP contribution is -2.24. The fourth-order valence-electron chi connectivity index (χ4n) is 2.57. The number of H-pyrrole nitrogens is 1. The molecule has 0 aliphatic carbocycles. The molecule has 0 radical (unpaired) electrons. The Kier molecular flexibility index (Phi) is 5.58. The third-order valence-corrected chi connectivity index (χ3v) is 4.30. The molecular weight excluding hydrogens is 398 g/mol. The van der Waals surface area contributed by atoms with Crippen molar-refractivity contribution in [2.45, 2.75) is 6.92 Å².